The predicted molar refractivity (Wildman–Crippen MR) is 122 cm³/mol. The van der Waals surface area contributed by atoms with E-state index in [1.807, 2.05) is 0 Å². The van der Waals surface area contributed by atoms with Crippen LogP contribution in [0.1, 0.15) is 106 Å². The van der Waals surface area contributed by atoms with E-state index in [1.165, 1.54) is 85.7 Å². The van der Waals surface area contributed by atoms with Crippen LogP contribution < -0.4 is 0 Å². The van der Waals surface area contributed by atoms with Crippen molar-refractivity contribution in [1.82, 2.24) is 0 Å². The Hall–Kier alpha value is -1.30. The van der Waals surface area contributed by atoms with Crippen LogP contribution in [0.4, 0.5) is 0 Å². The first-order valence-electron chi connectivity index (χ1n) is 10.6. The van der Waals surface area contributed by atoms with Crippen LogP contribution in [0, 0.1) is 0 Å². The lowest BCUT2D eigenvalue weighted by Gasteiger charge is -2.03. The van der Waals surface area contributed by atoms with Crippen LogP contribution in [-0.4, -0.2) is 0 Å². The van der Waals surface area contributed by atoms with Crippen molar-refractivity contribution >= 4 is 0 Å². The van der Waals surface area contributed by atoms with Crippen molar-refractivity contribution in [2.24, 2.45) is 0 Å². The second kappa shape index (κ2) is 15.9. The van der Waals surface area contributed by atoms with E-state index in [2.05, 4.69) is 78.8 Å². The van der Waals surface area contributed by atoms with Gasteiger partial charge in [-0.3, -0.25) is 0 Å². The minimum Gasteiger partial charge on any atom is -0.0887 e. The van der Waals surface area contributed by atoms with Crippen LogP contribution in [0.3, 0.4) is 0 Å². The molecule has 0 saturated carbocycles. The number of rotatable bonds is 13. The van der Waals surface area contributed by atoms with Gasteiger partial charge in [-0.1, -0.05) is 65.2 Å². The molecule has 0 heterocycles. The zero-order valence-electron chi connectivity index (χ0n) is 18.8. The molecule has 0 aliphatic heterocycles. The fourth-order valence-corrected chi connectivity index (χ4v) is 2.78. The summed E-state index contributed by atoms with van der Waals surface area (Å²) in [4.78, 5) is 0. The van der Waals surface area contributed by atoms with E-state index in [0.29, 0.717) is 0 Å². The summed E-state index contributed by atoms with van der Waals surface area (Å²) in [5.41, 5.74) is 7.60. The molecule has 0 bridgehead atoms. The van der Waals surface area contributed by atoms with Crippen molar-refractivity contribution in [3.8, 4) is 0 Å². The molecule has 0 heteroatoms. The Bertz CT molecular complexity index is 520. The monoisotopic (exact) mass is 356 g/mol. The molecule has 0 spiro atoms. The topological polar surface area (TPSA) is 0 Å². The number of hydrogen-bond acceptors (Lipinski definition) is 0. The zero-order chi connectivity index (χ0) is 19.8. The normalized spacial score (nSPS) is 15.0. The molecular weight excluding hydrogens is 312 g/mol. The summed E-state index contributed by atoms with van der Waals surface area (Å²) in [6, 6.07) is 0. The Kier molecular flexibility index (Phi) is 15.1. The SMILES string of the molecule is C/C=C(\C)CC/C=C(\C)CC/C=C(\C)CC/C=C(\C)CC/C=C(/C)CC. The van der Waals surface area contributed by atoms with Gasteiger partial charge in [-0.25, -0.2) is 0 Å². The molecule has 0 fully saturated rings. The maximum atomic E-state index is 2.44. The average molecular weight is 357 g/mol. The Labute approximate surface area is 164 Å². The highest BCUT2D eigenvalue weighted by molar-refractivity contribution is 5.08. The third kappa shape index (κ3) is 15.0. The van der Waals surface area contributed by atoms with Crippen molar-refractivity contribution < 1.29 is 0 Å². The highest BCUT2D eigenvalue weighted by Crippen LogP contribution is 2.14. The van der Waals surface area contributed by atoms with Gasteiger partial charge in [0.2, 0.25) is 0 Å². The summed E-state index contributed by atoms with van der Waals surface area (Å²) < 4.78 is 0. The quantitative estimate of drug-likeness (QED) is 0.288. The molecule has 0 atom stereocenters. The van der Waals surface area contributed by atoms with Gasteiger partial charge in [-0.05, 0) is 99.3 Å². The van der Waals surface area contributed by atoms with Crippen LogP contribution in [0.2, 0.25) is 0 Å². The lowest BCUT2D eigenvalue weighted by molar-refractivity contribution is 0.890. The Morgan fingerprint density at radius 3 is 1.12 bits per heavy atom. The van der Waals surface area contributed by atoms with Gasteiger partial charge in [-0.15, -0.1) is 0 Å². The molecule has 148 valence electrons. The molecule has 0 aromatic rings. The van der Waals surface area contributed by atoms with E-state index < -0.39 is 0 Å². The summed E-state index contributed by atoms with van der Waals surface area (Å²) in [6.07, 6.45) is 22.6. The fourth-order valence-electron chi connectivity index (χ4n) is 2.78. The minimum atomic E-state index is 1.18. The van der Waals surface area contributed by atoms with E-state index >= 15 is 0 Å². The highest BCUT2D eigenvalue weighted by atomic mass is 14.0. The van der Waals surface area contributed by atoms with Crippen LogP contribution in [0.25, 0.3) is 0 Å². The molecule has 0 aromatic carbocycles. The lowest BCUT2D eigenvalue weighted by atomic mass is 10.0. The Balaban J connectivity index is 4.03. The second-order valence-electron chi connectivity index (χ2n) is 7.85. The first-order valence-corrected chi connectivity index (χ1v) is 10.6. The fraction of sp³-hybridized carbons (Fsp3) is 0.615. The van der Waals surface area contributed by atoms with Gasteiger partial charge in [0.15, 0.2) is 0 Å². The van der Waals surface area contributed by atoms with Crippen molar-refractivity contribution in [1.29, 1.82) is 0 Å². The van der Waals surface area contributed by atoms with E-state index in [4.69, 9.17) is 0 Å². The molecule has 0 unspecified atom stereocenters. The van der Waals surface area contributed by atoms with Crippen LogP contribution in [0.15, 0.2) is 58.2 Å². The molecule has 0 nitrogen and oxygen atoms in total. The minimum absolute atomic E-state index is 1.18. The first kappa shape index (κ1) is 24.7. The van der Waals surface area contributed by atoms with E-state index in [1.54, 1.807) is 0 Å². The largest absolute Gasteiger partial charge is 0.0887 e. The van der Waals surface area contributed by atoms with Crippen molar-refractivity contribution in [3.63, 3.8) is 0 Å². The third-order valence-corrected chi connectivity index (χ3v) is 5.18. The Morgan fingerprint density at radius 1 is 0.500 bits per heavy atom. The molecule has 0 amide bonds. The molecule has 0 saturated heterocycles. The predicted octanol–water partition coefficient (Wildman–Crippen LogP) is 9.27. The highest BCUT2D eigenvalue weighted by Gasteiger charge is 1.94. The van der Waals surface area contributed by atoms with Gasteiger partial charge >= 0.3 is 0 Å². The van der Waals surface area contributed by atoms with Crippen molar-refractivity contribution in [2.75, 3.05) is 0 Å². The maximum Gasteiger partial charge on any atom is -0.0288 e. The molecule has 0 aliphatic rings. The van der Waals surface area contributed by atoms with Gasteiger partial charge in [0.05, 0.1) is 0 Å². The second-order valence-corrected chi connectivity index (χ2v) is 7.85. The van der Waals surface area contributed by atoms with Gasteiger partial charge in [0.1, 0.15) is 0 Å². The molecule has 0 aliphatic carbocycles. The number of hydrogen-bond donors (Lipinski definition) is 0. The summed E-state index contributed by atoms with van der Waals surface area (Å²) >= 11 is 0. The van der Waals surface area contributed by atoms with Crippen LogP contribution in [-0.2, 0) is 0 Å². The maximum absolute atomic E-state index is 2.44. The summed E-state index contributed by atoms with van der Waals surface area (Å²) in [7, 11) is 0. The van der Waals surface area contributed by atoms with E-state index in [0.717, 1.165) is 0 Å². The summed E-state index contributed by atoms with van der Waals surface area (Å²) in [6.45, 7) is 15.6. The van der Waals surface area contributed by atoms with Gasteiger partial charge < -0.3 is 0 Å². The van der Waals surface area contributed by atoms with E-state index in [-0.39, 0.29) is 0 Å². The molecule has 26 heavy (non-hydrogen) atoms. The third-order valence-electron chi connectivity index (χ3n) is 5.18. The van der Waals surface area contributed by atoms with Crippen molar-refractivity contribution in [2.45, 2.75) is 106 Å². The van der Waals surface area contributed by atoms with Gasteiger partial charge in [0, 0.05) is 0 Å². The molecule has 0 aromatic heterocycles. The lowest BCUT2D eigenvalue weighted by Crippen LogP contribution is -1.83. The van der Waals surface area contributed by atoms with Crippen LogP contribution in [0.5, 0.6) is 0 Å². The first-order chi connectivity index (χ1) is 12.4. The molecule has 0 radical (unpaired) electrons. The zero-order valence-corrected chi connectivity index (χ0v) is 18.8. The number of allylic oxidation sites excluding steroid dienone is 10. The average Bonchev–Trinajstić information content (AvgIpc) is 2.61. The standard InChI is InChI=1S/C26H44/c1-8-22(3)14-10-16-24(5)18-12-20-26(7)21-13-19-25(6)17-11-15-23(4)9-2/h8,15-16,19-20H,9-14,17-18,21H2,1-7H3/b22-8+,23-15-,24-16+,25-19+,26-20+. The smallest absolute Gasteiger partial charge is 0.0288 e. The van der Waals surface area contributed by atoms with Gasteiger partial charge in [-0.2, -0.15) is 0 Å². The van der Waals surface area contributed by atoms with Gasteiger partial charge in [0.25, 0.3) is 0 Å². The van der Waals surface area contributed by atoms with E-state index in [9.17, 15) is 0 Å². The Morgan fingerprint density at radius 2 is 0.808 bits per heavy atom. The molecular formula is C26H44. The van der Waals surface area contributed by atoms with Crippen LogP contribution >= 0.6 is 0 Å². The molecule has 0 rings (SSSR count). The summed E-state index contributed by atoms with van der Waals surface area (Å²) in [5, 5.41) is 0. The summed E-state index contributed by atoms with van der Waals surface area (Å²) in [5.74, 6) is 0. The van der Waals surface area contributed by atoms with Crippen molar-refractivity contribution in [3.05, 3.63) is 58.2 Å². The molecule has 0 N–H and O–H groups in total.